The molecule has 0 fully saturated rings. The molecule has 150 valence electrons. The number of hydrogen-bond donors (Lipinski definition) is 1. The van der Waals surface area contributed by atoms with Crippen LogP contribution in [0.1, 0.15) is 48.3 Å². The van der Waals surface area contributed by atoms with E-state index in [4.69, 9.17) is 27.9 Å². The van der Waals surface area contributed by atoms with Crippen molar-refractivity contribution in [2.24, 2.45) is 0 Å². The Morgan fingerprint density at radius 3 is 2.32 bits per heavy atom. The summed E-state index contributed by atoms with van der Waals surface area (Å²) in [4.78, 5) is 26.4. The van der Waals surface area contributed by atoms with Gasteiger partial charge in [0.25, 0.3) is 0 Å². The molecule has 28 heavy (non-hydrogen) atoms. The van der Waals surface area contributed by atoms with Crippen molar-refractivity contribution in [1.82, 2.24) is 4.90 Å². The molecule has 0 saturated heterocycles. The Morgan fingerprint density at radius 1 is 1.11 bits per heavy atom. The molecule has 0 radical (unpaired) electrons. The lowest BCUT2D eigenvalue weighted by atomic mass is 9.90. The Hall–Kier alpha value is -2.24. The van der Waals surface area contributed by atoms with Gasteiger partial charge in [-0.1, -0.05) is 55.2 Å². The van der Waals surface area contributed by atoms with E-state index in [1.54, 1.807) is 35.2 Å². The van der Waals surface area contributed by atoms with Crippen LogP contribution in [0.5, 0.6) is 0 Å². The van der Waals surface area contributed by atoms with Gasteiger partial charge in [0.2, 0.25) is 0 Å². The van der Waals surface area contributed by atoms with Crippen LogP contribution < -0.4 is 5.32 Å². The molecule has 0 aliphatic carbocycles. The minimum absolute atomic E-state index is 0.204. The lowest BCUT2D eigenvalue weighted by Crippen LogP contribution is -2.42. The molecule has 2 amide bonds. The van der Waals surface area contributed by atoms with E-state index in [-0.39, 0.29) is 18.0 Å². The van der Waals surface area contributed by atoms with Crippen molar-refractivity contribution < 1.29 is 14.3 Å². The molecule has 3 rings (SSSR count). The normalized spacial score (nSPS) is 15.1. The molecule has 0 bridgehead atoms. The third-order valence-corrected chi connectivity index (χ3v) is 5.22. The van der Waals surface area contributed by atoms with Crippen molar-refractivity contribution >= 4 is 40.9 Å². The van der Waals surface area contributed by atoms with Crippen LogP contribution in [0.15, 0.2) is 36.4 Å². The van der Waals surface area contributed by atoms with E-state index in [1.165, 1.54) is 7.11 Å². The van der Waals surface area contributed by atoms with Crippen molar-refractivity contribution in [2.45, 2.75) is 33.2 Å². The number of rotatable bonds is 2. The molecular weight excluding hydrogens is 399 g/mol. The highest BCUT2D eigenvalue weighted by molar-refractivity contribution is 6.39. The predicted molar refractivity (Wildman–Crippen MR) is 113 cm³/mol. The third kappa shape index (κ3) is 4.42. The zero-order valence-electron chi connectivity index (χ0n) is 16.4. The van der Waals surface area contributed by atoms with E-state index in [9.17, 15) is 9.59 Å². The molecule has 0 saturated carbocycles. The topological polar surface area (TPSA) is 58.6 Å². The Morgan fingerprint density at radius 2 is 1.71 bits per heavy atom. The highest BCUT2D eigenvalue weighted by Gasteiger charge is 2.30. The van der Waals surface area contributed by atoms with Crippen molar-refractivity contribution in [3.05, 3.63) is 63.1 Å². The van der Waals surface area contributed by atoms with Gasteiger partial charge in [-0.2, -0.15) is 0 Å². The second-order valence-electron chi connectivity index (χ2n) is 6.01. The van der Waals surface area contributed by atoms with E-state index >= 15 is 0 Å². The number of carbonyl (C=O) groups is 2. The van der Waals surface area contributed by atoms with Gasteiger partial charge in [0.1, 0.15) is 0 Å². The van der Waals surface area contributed by atoms with Crippen LogP contribution in [0.4, 0.5) is 10.5 Å². The fourth-order valence-electron chi connectivity index (χ4n) is 3.24. The van der Waals surface area contributed by atoms with Gasteiger partial charge in [-0.15, -0.1) is 0 Å². The van der Waals surface area contributed by atoms with E-state index < -0.39 is 0 Å². The maximum atomic E-state index is 12.8. The zero-order chi connectivity index (χ0) is 20.8. The fourth-order valence-corrected chi connectivity index (χ4v) is 3.74. The first-order valence-corrected chi connectivity index (χ1v) is 9.91. The maximum absolute atomic E-state index is 12.8. The van der Waals surface area contributed by atoms with Crippen LogP contribution in [-0.4, -0.2) is 30.6 Å². The Kier molecular flexibility index (Phi) is 7.72. The number of halogens is 2. The lowest BCUT2D eigenvalue weighted by Gasteiger charge is -2.36. The van der Waals surface area contributed by atoms with Crippen molar-refractivity contribution in [1.29, 1.82) is 0 Å². The average molecular weight is 423 g/mol. The molecule has 1 aliphatic heterocycles. The number of carbonyl (C=O) groups excluding carboxylic acids is 2. The number of para-hydroxylation sites is 1. The quantitative estimate of drug-likeness (QED) is 0.607. The SMILES string of the molecule is CC.COC(=O)c1cccc2c1CCN(C(=O)Nc1c(Cl)cccc1Cl)C2C. The first-order valence-electron chi connectivity index (χ1n) is 9.15. The highest BCUT2D eigenvalue weighted by Crippen LogP contribution is 2.34. The summed E-state index contributed by atoms with van der Waals surface area (Å²) in [6.45, 7) is 6.39. The second-order valence-corrected chi connectivity index (χ2v) is 6.83. The largest absolute Gasteiger partial charge is 0.465 e. The third-order valence-electron chi connectivity index (χ3n) is 4.59. The van der Waals surface area contributed by atoms with Crippen molar-refractivity contribution in [2.75, 3.05) is 19.0 Å². The standard InChI is InChI=1S/C19H18Cl2N2O3.C2H6/c1-11-12-5-3-6-14(18(24)26-2)13(12)9-10-23(11)19(25)22-17-15(20)7-4-8-16(17)21;1-2/h3-8,11H,9-10H2,1-2H3,(H,22,25);1-2H3. The van der Waals surface area contributed by atoms with Gasteiger partial charge in [-0.3, -0.25) is 0 Å². The Balaban J connectivity index is 0.00000136. The average Bonchev–Trinajstić information content (AvgIpc) is 2.71. The van der Waals surface area contributed by atoms with Gasteiger partial charge in [-0.25, -0.2) is 9.59 Å². The molecule has 0 aromatic heterocycles. The number of hydrogen-bond acceptors (Lipinski definition) is 3. The number of urea groups is 1. The fraction of sp³-hybridized carbons (Fsp3) is 0.333. The monoisotopic (exact) mass is 422 g/mol. The molecular formula is C21H24Cl2N2O3. The summed E-state index contributed by atoms with van der Waals surface area (Å²) in [7, 11) is 1.36. The van der Waals surface area contributed by atoms with E-state index in [0.717, 1.165) is 11.1 Å². The van der Waals surface area contributed by atoms with Crippen LogP contribution >= 0.6 is 23.2 Å². The number of fused-ring (bicyclic) bond motifs is 1. The first-order chi connectivity index (χ1) is 13.4. The summed E-state index contributed by atoms with van der Waals surface area (Å²) in [6, 6.07) is 10.0. The summed E-state index contributed by atoms with van der Waals surface area (Å²) in [5, 5.41) is 3.55. The zero-order valence-corrected chi connectivity index (χ0v) is 17.9. The van der Waals surface area contributed by atoms with Gasteiger partial charge in [0, 0.05) is 6.54 Å². The van der Waals surface area contributed by atoms with Crippen LogP contribution in [0.2, 0.25) is 10.0 Å². The van der Waals surface area contributed by atoms with Crippen LogP contribution in [0.3, 0.4) is 0 Å². The van der Waals surface area contributed by atoms with E-state index in [0.29, 0.717) is 34.3 Å². The molecule has 1 aliphatic rings. The molecule has 2 aromatic rings. The molecule has 1 heterocycles. The maximum Gasteiger partial charge on any atom is 0.338 e. The molecule has 1 N–H and O–H groups in total. The number of nitrogens with one attached hydrogen (secondary N) is 1. The molecule has 2 aromatic carbocycles. The highest BCUT2D eigenvalue weighted by atomic mass is 35.5. The number of esters is 1. The first kappa shape index (κ1) is 22.1. The van der Waals surface area contributed by atoms with Crippen LogP contribution in [0.25, 0.3) is 0 Å². The van der Waals surface area contributed by atoms with Gasteiger partial charge in [-0.05, 0) is 42.7 Å². The molecule has 1 unspecified atom stereocenters. The number of benzene rings is 2. The second kappa shape index (κ2) is 9.80. The summed E-state index contributed by atoms with van der Waals surface area (Å²) in [5.41, 5.74) is 2.79. The van der Waals surface area contributed by atoms with Crippen molar-refractivity contribution in [3.8, 4) is 0 Å². The summed E-state index contributed by atoms with van der Waals surface area (Å²) in [6.07, 6.45) is 0.564. The number of methoxy groups -OCH3 is 1. The predicted octanol–water partition coefficient (Wildman–Crippen LogP) is 5.96. The summed E-state index contributed by atoms with van der Waals surface area (Å²) >= 11 is 12.3. The van der Waals surface area contributed by atoms with Gasteiger partial charge in [0.05, 0.1) is 34.4 Å². The Bertz CT molecular complexity index is 850. The Labute approximate surface area is 175 Å². The summed E-state index contributed by atoms with van der Waals surface area (Å²) in [5.74, 6) is -0.366. The van der Waals surface area contributed by atoms with E-state index in [1.807, 2.05) is 26.8 Å². The summed E-state index contributed by atoms with van der Waals surface area (Å²) < 4.78 is 4.86. The minimum atomic E-state index is -0.366. The van der Waals surface area contributed by atoms with Crippen LogP contribution in [-0.2, 0) is 11.2 Å². The smallest absolute Gasteiger partial charge is 0.338 e. The van der Waals surface area contributed by atoms with Gasteiger partial charge >= 0.3 is 12.0 Å². The van der Waals surface area contributed by atoms with Crippen LogP contribution in [0, 0.1) is 0 Å². The lowest BCUT2D eigenvalue weighted by molar-refractivity contribution is 0.0598. The van der Waals surface area contributed by atoms with Gasteiger partial charge < -0.3 is 15.0 Å². The number of amides is 2. The molecule has 5 nitrogen and oxygen atoms in total. The molecule has 0 spiro atoms. The molecule has 1 atom stereocenters. The minimum Gasteiger partial charge on any atom is -0.465 e. The molecule has 7 heteroatoms. The van der Waals surface area contributed by atoms with Gasteiger partial charge in [0.15, 0.2) is 0 Å². The number of ether oxygens (including phenoxy) is 1. The van der Waals surface area contributed by atoms with Crippen molar-refractivity contribution in [3.63, 3.8) is 0 Å². The van der Waals surface area contributed by atoms with E-state index in [2.05, 4.69) is 5.32 Å². The number of nitrogens with zero attached hydrogens (tertiary/aromatic N) is 1. The number of anilines is 1.